The maximum atomic E-state index is 4.39. The van der Waals surface area contributed by atoms with Gasteiger partial charge in [-0.2, -0.15) is 0 Å². The largest absolute Gasteiger partial charge is 0.364 e. The molecule has 1 aromatic heterocycles. The summed E-state index contributed by atoms with van der Waals surface area (Å²) in [6.45, 7) is 0. The van der Waals surface area contributed by atoms with Gasteiger partial charge in [-0.3, -0.25) is 0 Å². The minimum absolute atomic E-state index is 0.325. The molecule has 4 heteroatoms. The van der Waals surface area contributed by atoms with E-state index < -0.39 is 0 Å². The maximum absolute atomic E-state index is 4.39. The van der Waals surface area contributed by atoms with Crippen LogP contribution >= 0.6 is 15.9 Å². The molecule has 18 heavy (non-hydrogen) atoms. The fourth-order valence-corrected chi connectivity index (χ4v) is 5.24. The van der Waals surface area contributed by atoms with Crippen LogP contribution in [0.3, 0.4) is 0 Å². The Hall–Kier alpha value is -0.640. The highest BCUT2D eigenvalue weighted by molar-refractivity contribution is 9.10. The minimum Gasteiger partial charge on any atom is -0.364 e. The Morgan fingerprint density at radius 1 is 1.11 bits per heavy atom. The van der Waals surface area contributed by atoms with Crippen LogP contribution in [0, 0.1) is 17.8 Å². The number of nitrogens with zero attached hydrogens (tertiary/aromatic N) is 2. The molecule has 0 atom stereocenters. The van der Waals surface area contributed by atoms with Crippen molar-refractivity contribution in [2.45, 2.75) is 44.1 Å². The van der Waals surface area contributed by atoms with Crippen LogP contribution in [-0.4, -0.2) is 15.5 Å². The van der Waals surface area contributed by atoms with Gasteiger partial charge in [0.05, 0.1) is 4.47 Å². The average Bonchev–Trinajstić information content (AvgIpc) is 2.30. The molecule has 0 radical (unpaired) electrons. The average molecular weight is 308 g/mol. The van der Waals surface area contributed by atoms with Crippen molar-refractivity contribution in [3.8, 4) is 0 Å². The van der Waals surface area contributed by atoms with Gasteiger partial charge in [-0.15, -0.1) is 0 Å². The van der Waals surface area contributed by atoms with Crippen LogP contribution in [0.2, 0.25) is 0 Å². The summed E-state index contributed by atoms with van der Waals surface area (Å²) in [5.41, 5.74) is 0.325. The minimum atomic E-state index is 0.325. The Bertz CT molecular complexity index is 439. The summed E-state index contributed by atoms with van der Waals surface area (Å²) < 4.78 is 0.987. The molecule has 4 bridgehead atoms. The van der Waals surface area contributed by atoms with Gasteiger partial charge in [0.25, 0.3) is 0 Å². The van der Waals surface area contributed by atoms with Crippen molar-refractivity contribution < 1.29 is 0 Å². The van der Waals surface area contributed by atoms with Gasteiger partial charge in [-0.25, -0.2) is 9.97 Å². The predicted octanol–water partition coefficient (Wildman–Crippen LogP) is 3.62. The fraction of sp³-hybridized carbons (Fsp3) is 0.714. The van der Waals surface area contributed by atoms with Crippen molar-refractivity contribution in [1.82, 2.24) is 9.97 Å². The summed E-state index contributed by atoms with van der Waals surface area (Å²) in [7, 11) is 0. The van der Waals surface area contributed by atoms with E-state index in [2.05, 4.69) is 31.2 Å². The molecule has 0 saturated heterocycles. The number of halogens is 1. The Kier molecular flexibility index (Phi) is 2.44. The van der Waals surface area contributed by atoms with E-state index in [9.17, 15) is 0 Å². The smallest absolute Gasteiger partial charge is 0.144 e. The van der Waals surface area contributed by atoms with E-state index in [0.29, 0.717) is 5.54 Å². The summed E-state index contributed by atoms with van der Waals surface area (Å²) in [6.07, 6.45) is 11.9. The lowest BCUT2D eigenvalue weighted by Crippen LogP contribution is -2.54. The van der Waals surface area contributed by atoms with E-state index in [-0.39, 0.29) is 0 Å². The van der Waals surface area contributed by atoms with E-state index in [1.165, 1.54) is 38.5 Å². The highest BCUT2D eigenvalue weighted by Crippen LogP contribution is 2.56. The topological polar surface area (TPSA) is 37.8 Å². The fourth-order valence-electron chi connectivity index (χ4n) is 4.92. The van der Waals surface area contributed by atoms with Crippen molar-refractivity contribution >= 4 is 21.7 Å². The van der Waals surface area contributed by atoms with Crippen molar-refractivity contribution in [3.05, 3.63) is 17.0 Å². The zero-order valence-electron chi connectivity index (χ0n) is 10.4. The SMILES string of the molecule is Brc1cncnc1NC12CC3CC(CC(C3)C1)C2. The van der Waals surface area contributed by atoms with Crippen LogP contribution in [0.25, 0.3) is 0 Å². The summed E-state index contributed by atoms with van der Waals surface area (Å²) in [5.74, 6) is 3.87. The van der Waals surface area contributed by atoms with Crippen LogP contribution in [0.15, 0.2) is 17.0 Å². The highest BCUT2D eigenvalue weighted by atomic mass is 79.9. The van der Waals surface area contributed by atoms with Gasteiger partial charge in [0.15, 0.2) is 0 Å². The molecule has 3 nitrogen and oxygen atoms in total. The van der Waals surface area contributed by atoms with Crippen LogP contribution < -0.4 is 5.32 Å². The summed E-state index contributed by atoms with van der Waals surface area (Å²) >= 11 is 3.55. The molecule has 4 aliphatic carbocycles. The van der Waals surface area contributed by atoms with E-state index in [0.717, 1.165) is 28.0 Å². The van der Waals surface area contributed by atoms with E-state index in [1.807, 2.05) is 6.20 Å². The van der Waals surface area contributed by atoms with Crippen LogP contribution in [0.1, 0.15) is 38.5 Å². The van der Waals surface area contributed by atoms with Gasteiger partial charge in [-0.1, -0.05) is 0 Å². The second-order valence-electron chi connectivity index (χ2n) is 6.54. The summed E-state index contributed by atoms with van der Waals surface area (Å²) in [4.78, 5) is 8.43. The zero-order valence-corrected chi connectivity index (χ0v) is 12.0. The molecule has 1 heterocycles. The molecule has 4 saturated carbocycles. The molecule has 1 aromatic rings. The Labute approximate surface area is 116 Å². The lowest BCUT2D eigenvalue weighted by atomic mass is 9.53. The van der Waals surface area contributed by atoms with Gasteiger partial charge in [-0.05, 0) is 72.2 Å². The van der Waals surface area contributed by atoms with Crippen molar-refractivity contribution in [2.24, 2.45) is 17.8 Å². The second-order valence-corrected chi connectivity index (χ2v) is 7.40. The van der Waals surface area contributed by atoms with Gasteiger partial charge >= 0.3 is 0 Å². The molecule has 0 aromatic carbocycles. The lowest BCUT2D eigenvalue weighted by molar-refractivity contribution is 0.0105. The number of hydrogen-bond acceptors (Lipinski definition) is 3. The first-order valence-electron chi connectivity index (χ1n) is 6.96. The van der Waals surface area contributed by atoms with E-state index >= 15 is 0 Å². The molecule has 5 rings (SSSR count). The second kappa shape index (κ2) is 3.92. The monoisotopic (exact) mass is 307 g/mol. The molecule has 4 aliphatic rings. The predicted molar refractivity (Wildman–Crippen MR) is 74.3 cm³/mol. The van der Waals surface area contributed by atoms with Crippen molar-refractivity contribution in [1.29, 1.82) is 0 Å². The highest BCUT2D eigenvalue weighted by Gasteiger charge is 2.51. The lowest BCUT2D eigenvalue weighted by Gasteiger charge is -2.57. The van der Waals surface area contributed by atoms with Crippen LogP contribution in [-0.2, 0) is 0 Å². The van der Waals surface area contributed by atoms with E-state index in [4.69, 9.17) is 0 Å². The summed E-state index contributed by atoms with van der Waals surface area (Å²) in [6, 6.07) is 0. The molecule has 0 unspecified atom stereocenters. The molecule has 0 amide bonds. The Morgan fingerprint density at radius 2 is 1.72 bits per heavy atom. The number of nitrogens with one attached hydrogen (secondary N) is 1. The van der Waals surface area contributed by atoms with Gasteiger partial charge < -0.3 is 5.32 Å². The van der Waals surface area contributed by atoms with Crippen molar-refractivity contribution in [3.63, 3.8) is 0 Å². The first kappa shape index (κ1) is 11.2. The number of rotatable bonds is 2. The molecular formula is C14H18BrN3. The molecule has 0 aliphatic heterocycles. The summed E-state index contributed by atoms with van der Waals surface area (Å²) in [5, 5.41) is 3.76. The zero-order chi connectivity index (χ0) is 12.2. The maximum Gasteiger partial charge on any atom is 0.144 e. The number of anilines is 1. The van der Waals surface area contributed by atoms with Gasteiger partial charge in [0.2, 0.25) is 0 Å². The van der Waals surface area contributed by atoms with Crippen LogP contribution in [0.4, 0.5) is 5.82 Å². The Morgan fingerprint density at radius 3 is 2.28 bits per heavy atom. The molecule has 0 spiro atoms. The molecule has 4 fully saturated rings. The quantitative estimate of drug-likeness (QED) is 0.907. The molecule has 1 N–H and O–H groups in total. The number of aromatic nitrogens is 2. The molecular weight excluding hydrogens is 290 g/mol. The van der Waals surface area contributed by atoms with Gasteiger partial charge in [0, 0.05) is 11.7 Å². The van der Waals surface area contributed by atoms with Crippen LogP contribution in [0.5, 0.6) is 0 Å². The third kappa shape index (κ3) is 1.77. The standard InChI is InChI=1S/C14H18BrN3/c15-12-7-16-8-17-13(12)18-14-4-9-1-10(5-14)3-11(2-9)6-14/h7-11H,1-6H2,(H,16,17,18). The number of hydrogen-bond donors (Lipinski definition) is 1. The third-order valence-corrected chi connectivity index (χ3v) is 5.67. The molecule has 96 valence electrons. The van der Waals surface area contributed by atoms with Gasteiger partial charge in [0.1, 0.15) is 12.1 Å². The van der Waals surface area contributed by atoms with Crippen molar-refractivity contribution in [2.75, 3.05) is 5.32 Å². The van der Waals surface area contributed by atoms with E-state index in [1.54, 1.807) is 6.33 Å². The first-order chi connectivity index (χ1) is 8.72. The third-order valence-electron chi connectivity index (χ3n) is 5.09. The first-order valence-corrected chi connectivity index (χ1v) is 7.75. The Balaban J connectivity index is 1.63. The normalized spacial score (nSPS) is 41.1.